The molecule has 0 amide bonds. The minimum absolute atomic E-state index is 0.0581. The summed E-state index contributed by atoms with van der Waals surface area (Å²) < 4.78 is 11.0. The average Bonchev–Trinajstić information content (AvgIpc) is 2.74. The van der Waals surface area contributed by atoms with E-state index in [4.69, 9.17) is 20.0 Å². The molecule has 1 aromatic rings. The van der Waals surface area contributed by atoms with Crippen LogP contribution >= 0.6 is 0 Å². The number of methoxy groups -OCH3 is 1. The highest BCUT2D eigenvalue weighted by molar-refractivity contribution is 5.76. The van der Waals surface area contributed by atoms with E-state index in [0.717, 1.165) is 12.2 Å². The Bertz CT molecular complexity index is 781. The number of fused-ring (bicyclic) bond motifs is 1. The average molecular weight is 435 g/mol. The molecule has 3 unspecified atom stereocenters. The lowest BCUT2D eigenvalue weighted by atomic mass is 9.79. The van der Waals surface area contributed by atoms with Crippen LogP contribution in [-0.4, -0.2) is 56.8 Å². The number of hydrogen-bond donors (Lipinski definition) is 2. The Morgan fingerprint density at radius 2 is 2.06 bits per heavy atom. The molecule has 0 fully saturated rings. The molecule has 2 rings (SSSR count). The molecule has 3 atom stereocenters. The molecular formula is C23H38N4O4. The number of hydroxylamine groups is 1. The lowest BCUT2D eigenvalue weighted by Gasteiger charge is -2.34. The van der Waals surface area contributed by atoms with E-state index in [2.05, 4.69) is 43.4 Å². The van der Waals surface area contributed by atoms with Crippen LogP contribution in [0.25, 0.3) is 0 Å². The van der Waals surface area contributed by atoms with Crippen molar-refractivity contribution in [1.29, 1.82) is 0 Å². The summed E-state index contributed by atoms with van der Waals surface area (Å²) in [5, 5.41) is 0. The van der Waals surface area contributed by atoms with Gasteiger partial charge < -0.3 is 15.2 Å². The first kappa shape index (κ1) is 24.9. The summed E-state index contributed by atoms with van der Waals surface area (Å²) in [6.07, 6.45) is 1.52. The fourth-order valence-corrected chi connectivity index (χ4v) is 3.90. The number of likely N-dealkylation sites (N-methyl/N-ethyl adjacent to an activating group) is 1. The van der Waals surface area contributed by atoms with Crippen molar-refractivity contribution >= 4 is 11.9 Å². The van der Waals surface area contributed by atoms with E-state index in [9.17, 15) is 4.79 Å². The first-order chi connectivity index (χ1) is 14.6. The molecule has 0 radical (unpaired) electrons. The lowest BCUT2D eigenvalue weighted by Crippen LogP contribution is -2.43. The van der Waals surface area contributed by atoms with E-state index in [-0.39, 0.29) is 29.5 Å². The standard InChI is InChI=1S/C23H38N4O4/c1-15(12-23(3,4)16(2)31-26-22(24)25-5)14-30-19-9-8-17-11-20(21(28)29-7)27(6)13-18(17)10-19/h8-10,15-16,20H,11-14H2,1-7H3,(H3,24,25,26). The van der Waals surface area contributed by atoms with Crippen LogP contribution in [0.5, 0.6) is 5.75 Å². The quantitative estimate of drug-likeness (QED) is 0.267. The lowest BCUT2D eigenvalue weighted by molar-refractivity contribution is -0.147. The molecule has 0 saturated heterocycles. The van der Waals surface area contributed by atoms with E-state index in [0.29, 0.717) is 25.5 Å². The molecule has 0 saturated carbocycles. The molecule has 1 heterocycles. The van der Waals surface area contributed by atoms with E-state index >= 15 is 0 Å². The number of nitrogens with zero attached hydrogens (tertiary/aromatic N) is 2. The van der Waals surface area contributed by atoms with Gasteiger partial charge in [-0.05, 0) is 61.4 Å². The zero-order valence-corrected chi connectivity index (χ0v) is 19.9. The zero-order valence-electron chi connectivity index (χ0n) is 19.9. The first-order valence-electron chi connectivity index (χ1n) is 10.7. The fraction of sp³-hybridized carbons (Fsp3) is 0.652. The van der Waals surface area contributed by atoms with Gasteiger partial charge >= 0.3 is 5.97 Å². The Morgan fingerprint density at radius 3 is 2.71 bits per heavy atom. The van der Waals surface area contributed by atoms with E-state index in [1.54, 1.807) is 7.05 Å². The predicted molar refractivity (Wildman–Crippen MR) is 122 cm³/mol. The molecule has 1 aromatic carbocycles. The zero-order chi connectivity index (χ0) is 23.2. The SMILES string of the molecule is CN=C(N)NOC(C)C(C)(C)CC(C)COc1ccc2c(c1)CN(C)C(C(=O)OC)C2. The maximum atomic E-state index is 12.0. The van der Waals surface area contributed by atoms with Crippen molar-refractivity contribution in [2.45, 2.75) is 59.2 Å². The van der Waals surface area contributed by atoms with Gasteiger partial charge in [0.05, 0.1) is 19.8 Å². The summed E-state index contributed by atoms with van der Waals surface area (Å²) in [7, 11) is 4.99. The van der Waals surface area contributed by atoms with E-state index < -0.39 is 0 Å². The molecule has 174 valence electrons. The number of guanidine groups is 1. The van der Waals surface area contributed by atoms with Gasteiger partial charge in [0.2, 0.25) is 5.96 Å². The van der Waals surface area contributed by atoms with Gasteiger partial charge in [-0.3, -0.25) is 19.5 Å². The summed E-state index contributed by atoms with van der Waals surface area (Å²) in [6.45, 7) is 9.84. The normalized spacial score (nSPS) is 19.3. The first-order valence-corrected chi connectivity index (χ1v) is 10.7. The van der Waals surface area contributed by atoms with Crippen LogP contribution < -0.4 is 16.0 Å². The third-order valence-corrected chi connectivity index (χ3v) is 6.11. The van der Waals surface area contributed by atoms with Crippen LogP contribution in [0.1, 0.15) is 45.2 Å². The summed E-state index contributed by atoms with van der Waals surface area (Å²) >= 11 is 0. The number of rotatable bonds is 9. The second-order valence-corrected chi connectivity index (χ2v) is 9.17. The van der Waals surface area contributed by atoms with Gasteiger partial charge in [-0.15, -0.1) is 0 Å². The number of ether oxygens (including phenoxy) is 2. The van der Waals surface area contributed by atoms with Crippen molar-refractivity contribution in [3.05, 3.63) is 29.3 Å². The Balaban J connectivity index is 1.90. The monoisotopic (exact) mass is 434 g/mol. The fourth-order valence-electron chi connectivity index (χ4n) is 3.90. The molecule has 0 aliphatic carbocycles. The maximum absolute atomic E-state index is 12.0. The summed E-state index contributed by atoms with van der Waals surface area (Å²) in [5.74, 6) is 1.25. The number of aliphatic imine (C=N–C) groups is 1. The van der Waals surface area contributed by atoms with Gasteiger partial charge in [0.25, 0.3) is 0 Å². The van der Waals surface area contributed by atoms with Crippen LogP contribution in [0, 0.1) is 11.3 Å². The minimum Gasteiger partial charge on any atom is -0.493 e. The maximum Gasteiger partial charge on any atom is 0.323 e. The number of nitrogens with one attached hydrogen (secondary N) is 1. The van der Waals surface area contributed by atoms with Gasteiger partial charge in [0, 0.05) is 13.6 Å². The summed E-state index contributed by atoms with van der Waals surface area (Å²) in [5.41, 5.74) is 10.6. The Labute approximate surface area is 186 Å². The molecule has 31 heavy (non-hydrogen) atoms. The third-order valence-electron chi connectivity index (χ3n) is 6.11. The second kappa shape index (κ2) is 10.8. The third kappa shape index (κ3) is 6.83. The van der Waals surface area contributed by atoms with Crippen LogP contribution in [0.15, 0.2) is 23.2 Å². The van der Waals surface area contributed by atoms with Crippen molar-refractivity contribution in [1.82, 2.24) is 10.4 Å². The molecule has 1 aliphatic rings. The van der Waals surface area contributed by atoms with Crippen molar-refractivity contribution in [2.24, 2.45) is 22.1 Å². The predicted octanol–water partition coefficient (Wildman–Crippen LogP) is 2.50. The largest absolute Gasteiger partial charge is 0.493 e. The van der Waals surface area contributed by atoms with Crippen LogP contribution in [0.3, 0.4) is 0 Å². The Morgan fingerprint density at radius 1 is 1.35 bits per heavy atom. The van der Waals surface area contributed by atoms with Gasteiger partial charge in [-0.2, -0.15) is 0 Å². The molecule has 0 bridgehead atoms. The van der Waals surface area contributed by atoms with E-state index in [1.807, 2.05) is 24.9 Å². The highest BCUT2D eigenvalue weighted by Gasteiger charge is 2.31. The number of esters is 1. The highest BCUT2D eigenvalue weighted by atomic mass is 16.7. The Kier molecular flexibility index (Phi) is 8.70. The molecule has 1 aliphatic heterocycles. The molecular weight excluding hydrogens is 396 g/mol. The van der Waals surface area contributed by atoms with Crippen LogP contribution in [0.4, 0.5) is 0 Å². The number of carbonyl (C=O) groups excluding carboxylic acids is 1. The van der Waals surface area contributed by atoms with E-state index in [1.165, 1.54) is 18.2 Å². The van der Waals surface area contributed by atoms with Crippen LogP contribution in [0.2, 0.25) is 0 Å². The molecule has 0 aromatic heterocycles. The number of hydrogen-bond acceptors (Lipinski definition) is 6. The van der Waals surface area contributed by atoms with Gasteiger partial charge in [0.15, 0.2) is 0 Å². The molecule has 8 heteroatoms. The summed E-state index contributed by atoms with van der Waals surface area (Å²) in [6, 6.07) is 5.89. The smallest absolute Gasteiger partial charge is 0.323 e. The topological polar surface area (TPSA) is 98.4 Å². The van der Waals surface area contributed by atoms with Crippen molar-refractivity contribution < 1.29 is 19.1 Å². The van der Waals surface area contributed by atoms with Crippen LogP contribution in [-0.2, 0) is 27.3 Å². The van der Waals surface area contributed by atoms with Crippen molar-refractivity contribution in [3.8, 4) is 5.75 Å². The van der Waals surface area contributed by atoms with Gasteiger partial charge in [-0.1, -0.05) is 26.8 Å². The number of benzene rings is 1. The number of nitrogens with two attached hydrogens (primary N) is 1. The Hall–Kier alpha value is -2.32. The second-order valence-electron chi connectivity index (χ2n) is 9.17. The minimum atomic E-state index is -0.232. The number of carbonyl (C=O) groups is 1. The molecule has 3 N–H and O–H groups in total. The molecule has 8 nitrogen and oxygen atoms in total. The van der Waals surface area contributed by atoms with Crippen molar-refractivity contribution in [3.63, 3.8) is 0 Å². The van der Waals surface area contributed by atoms with Gasteiger partial charge in [0.1, 0.15) is 11.8 Å². The molecule has 0 spiro atoms. The highest BCUT2D eigenvalue weighted by Crippen LogP contribution is 2.32. The summed E-state index contributed by atoms with van der Waals surface area (Å²) in [4.78, 5) is 23.5. The van der Waals surface area contributed by atoms with Crippen molar-refractivity contribution in [2.75, 3.05) is 27.8 Å². The van der Waals surface area contributed by atoms with Gasteiger partial charge in [-0.25, -0.2) is 5.48 Å².